The van der Waals surface area contributed by atoms with Gasteiger partial charge in [-0.1, -0.05) is 18.2 Å². The van der Waals surface area contributed by atoms with Crippen LogP contribution in [0, 0.1) is 0 Å². The first-order valence-electron chi connectivity index (χ1n) is 6.79. The molecule has 0 aliphatic heterocycles. The number of thioether (sulfide) groups is 1. The molecule has 4 nitrogen and oxygen atoms in total. The van der Waals surface area contributed by atoms with Crippen LogP contribution in [0.1, 0.15) is 12.8 Å². The van der Waals surface area contributed by atoms with Gasteiger partial charge in [-0.05, 0) is 30.9 Å². The maximum absolute atomic E-state index is 6.08. The Labute approximate surface area is 122 Å². The van der Waals surface area contributed by atoms with E-state index in [1.165, 1.54) is 12.2 Å². The predicted molar refractivity (Wildman–Crippen MR) is 87.1 cm³/mol. The van der Waals surface area contributed by atoms with Gasteiger partial charge in [-0.15, -0.1) is 0 Å². The molecule has 3 aromatic rings. The van der Waals surface area contributed by atoms with E-state index in [0.29, 0.717) is 5.95 Å². The lowest BCUT2D eigenvalue weighted by atomic mass is 10.2. The van der Waals surface area contributed by atoms with Crippen LogP contribution in [0.15, 0.2) is 30.5 Å². The molecule has 20 heavy (non-hydrogen) atoms. The second-order valence-electron chi connectivity index (χ2n) is 4.83. The van der Waals surface area contributed by atoms with Crippen molar-refractivity contribution in [1.29, 1.82) is 0 Å². The van der Waals surface area contributed by atoms with E-state index in [1.807, 2.05) is 36.2 Å². The van der Waals surface area contributed by atoms with Crippen molar-refractivity contribution in [2.24, 2.45) is 0 Å². The number of hydrogen-bond donors (Lipinski definition) is 1. The number of fused-ring (bicyclic) bond motifs is 3. The molecule has 0 aliphatic rings. The van der Waals surface area contributed by atoms with Crippen LogP contribution in [-0.2, 0) is 6.54 Å². The molecule has 2 heterocycles. The monoisotopic (exact) mass is 286 g/mol. The molecular weight excluding hydrogens is 268 g/mol. The average molecular weight is 286 g/mol. The number of para-hydroxylation sites is 1. The lowest BCUT2D eigenvalue weighted by molar-refractivity contribution is 0.657. The number of anilines is 1. The van der Waals surface area contributed by atoms with Crippen LogP contribution in [0.2, 0.25) is 0 Å². The molecule has 0 spiro atoms. The highest BCUT2D eigenvalue weighted by Gasteiger charge is 2.11. The number of benzene rings is 1. The van der Waals surface area contributed by atoms with Gasteiger partial charge in [0.05, 0.1) is 17.2 Å². The molecule has 0 saturated carbocycles. The third-order valence-electron chi connectivity index (χ3n) is 3.49. The zero-order valence-electron chi connectivity index (χ0n) is 11.5. The van der Waals surface area contributed by atoms with Gasteiger partial charge in [-0.2, -0.15) is 11.8 Å². The third-order valence-corrected chi connectivity index (χ3v) is 4.19. The van der Waals surface area contributed by atoms with Crippen molar-refractivity contribution in [2.75, 3.05) is 17.7 Å². The Morgan fingerprint density at radius 3 is 2.90 bits per heavy atom. The Kier molecular flexibility index (Phi) is 3.78. The largest absolute Gasteiger partial charge is 0.369 e. The molecule has 2 N–H and O–H groups in total. The molecule has 0 atom stereocenters. The van der Waals surface area contributed by atoms with Gasteiger partial charge < -0.3 is 10.3 Å². The van der Waals surface area contributed by atoms with Crippen LogP contribution in [0.25, 0.3) is 21.9 Å². The highest BCUT2D eigenvalue weighted by Crippen LogP contribution is 2.25. The van der Waals surface area contributed by atoms with Crippen molar-refractivity contribution in [3.8, 4) is 0 Å². The highest BCUT2D eigenvalue weighted by atomic mass is 32.2. The number of unbranched alkanes of at least 4 members (excludes halogenated alkanes) is 1. The zero-order chi connectivity index (χ0) is 13.9. The molecule has 0 amide bonds. The fourth-order valence-corrected chi connectivity index (χ4v) is 3.02. The number of nitrogen functional groups attached to an aromatic ring is 1. The quantitative estimate of drug-likeness (QED) is 0.731. The minimum absolute atomic E-state index is 0.585. The standard InChI is InChI=1S/C15H18N4S/c1-20-9-5-4-8-19-14-11-6-2-3-7-12(11)17-10-13(14)18-15(19)16/h2-3,6-7,10H,4-5,8-9H2,1H3,(H2,16,18). The zero-order valence-corrected chi connectivity index (χ0v) is 12.4. The summed E-state index contributed by atoms with van der Waals surface area (Å²) in [6.07, 6.45) is 6.27. The number of hydrogen-bond acceptors (Lipinski definition) is 4. The van der Waals surface area contributed by atoms with Gasteiger partial charge in [0.15, 0.2) is 0 Å². The van der Waals surface area contributed by atoms with E-state index in [-0.39, 0.29) is 0 Å². The van der Waals surface area contributed by atoms with Crippen LogP contribution in [-0.4, -0.2) is 26.5 Å². The van der Waals surface area contributed by atoms with E-state index in [9.17, 15) is 0 Å². The summed E-state index contributed by atoms with van der Waals surface area (Å²) in [6, 6.07) is 8.15. The van der Waals surface area contributed by atoms with Gasteiger partial charge >= 0.3 is 0 Å². The Hall–Kier alpha value is -1.75. The number of nitrogens with two attached hydrogens (primary N) is 1. The van der Waals surface area contributed by atoms with Gasteiger partial charge in [-0.25, -0.2) is 4.98 Å². The molecule has 1 aromatic carbocycles. The molecule has 5 heteroatoms. The first-order valence-corrected chi connectivity index (χ1v) is 8.19. The number of imidazole rings is 1. The molecule has 3 rings (SSSR count). The van der Waals surface area contributed by atoms with Crippen LogP contribution < -0.4 is 5.73 Å². The second-order valence-corrected chi connectivity index (χ2v) is 5.82. The smallest absolute Gasteiger partial charge is 0.201 e. The average Bonchev–Trinajstić information content (AvgIpc) is 2.80. The highest BCUT2D eigenvalue weighted by molar-refractivity contribution is 7.98. The van der Waals surface area contributed by atoms with E-state index in [4.69, 9.17) is 5.73 Å². The van der Waals surface area contributed by atoms with E-state index in [0.717, 1.165) is 34.9 Å². The Morgan fingerprint density at radius 2 is 2.05 bits per heavy atom. The molecule has 2 aromatic heterocycles. The van der Waals surface area contributed by atoms with Crippen molar-refractivity contribution in [3.63, 3.8) is 0 Å². The Balaban J connectivity index is 2.05. The Morgan fingerprint density at radius 1 is 1.20 bits per heavy atom. The van der Waals surface area contributed by atoms with Gasteiger partial charge in [0.25, 0.3) is 0 Å². The minimum atomic E-state index is 0.585. The SMILES string of the molecule is CSCCCCn1c(N)nc2cnc3ccccc3c21. The number of rotatable bonds is 5. The summed E-state index contributed by atoms with van der Waals surface area (Å²) < 4.78 is 2.12. The Bertz CT molecular complexity index is 735. The summed E-state index contributed by atoms with van der Waals surface area (Å²) in [5, 5.41) is 1.12. The fraction of sp³-hybridized carbons (Fsp3) is 0.333. The maximum atomic E-state index is 6.08. The third kappa shape index (κ3) is 2.33. The molecule has 0 saturated heterocycles. The summed E-state index contributed by atoms with van der Waals surface area (Å²) >= 11 is 1.88. The molecular formula is C15H18N4S. The number of pyridine rings is 1. The summed E-state index contributed by atoms with van der Waals surface area (Å²) in [4.78, 5) is 8.87. The van der Waals surface area contributed by atoms with Crippen molar-refractivity contribution < 1.29 is 0 Å². The molecule has 0 fully saturated rings. The molecule has 0 aliphatic carbocycles. The minimum Gasteiger partial charge on any atom is -0.369 e. The van der Waals surface area contributed by atoms with Crippen LogP contribution in [0.5, 0.6) is 0 Å². The van der Waals surface area contributed by atoms with Crippen molar-refractivity contribution in [2.45, 2.75) is 19.4 Å². The van der Waals surface area contributed by atoms with Crippen molar-refractivity contribution in [1.82, 2.24) is 14.5 Å². The van der Waals surface area contributed by atoms with Crippen molar-refractivity contribution >= 4 is 39.6 Å². The lowest BCUT2D eigenvalue weighted by Gasteiger charge is -2.07. The molecule has 0 unspecified atom stereocenters. The number of aryl methyl sites for hydroxylation is 1. The van der Waals surface area contributed by atoms with E-state index < -0.39 is 0 Å². The van der Waals surface area contributed by atoms with Gasteiger partial charge in [0, 0.05) is 11.9 Å². The summed E-state index contributed by atoms with van der Waals surface area (Å²) in [5.74, 6) is 1.77. The fourth-order valence-electron chi connectivity index (χ4n) is 2.52. The summed E-state index contributed by atoms with van der Waals surface area (Å²) in [6.45, 7) is 0.914. The van der Waals surface area contributed by atoms with E-state index >= 15 is 0 Å². The van der Waals surface area contributed by atoms with E-state index in [1.54, 1.807) is 0 Å². The van der Waals surface area contributed by atoms with Crippen LogP contribution >= 0.6 is 11.8 Å². The molecule has 0 bridgehead atoms. The predicted octanol–water partition coefficient (Wildman–Crippen LogP) is 3.31. The normalized spacial score (nSPS) is 11.4. The topological polar surface area (TPSA) is 56.7 Å². The molecule has 104 valence electrons. The number of nitrogens with zero attached hydrogens (tertiary/aromatic N) is 3. The van der Waals surface area contributed by atoms with Crippen LogP contribution in [0.3, 0.4) is 0 Å². The van der Waals surface area contributed by atoms with Crippen molar-refractivity contribution in [3.05, 3.63) is 30.5 Å². The summed E-state index contributed by atoms with van der Waals surface area (Å²) in [7, 11) is 0. The van der Waals surface area contributed by atoms with E-state index in [2.05, 4.69) is 26.9 Å². The maximum Gasteiger partial charge on any atom is 0.201 e. The first-order chi connectivity index (χ1) is 9.81. The lowest BCUT2D eigenvalue weighted by Crippen LogP contribution is -2.04. The van der Waals surface area contributed by atoms with Crippen LogP contribution in [0.4, 0.5) is 5.95 Å². The van der Waals surface area contributed by atoms with Gasteiger partial charge in [-0.3, -0.25) is 4.98 Å². The second kappa shape index (κ2) is 5.71. The van der Waals surface area contributed by atoms with Gasteiger partial charge in [0.1, 0.15) is 5.52 Å². The number of aromatic nitrogens is 3. The summed E-state index contributed by atoms with van der Waals surface area (Å²) in [5.41, 5.74) is 9.06. The first kappa shape index (κ1) is 13.2. The van der Waals surface area contributed by atoms with Gasteiger partial charge in [0.2, 0.25) is 5.95 Å². The molecule has 0 radical (unpaired) electrons.